The summed E-state index contributed by atoms with van der Waals surface area (Å²) >= 11 is 0. The molecule has 23 heavy (non-hydrogen) atoms. The van der Waals surface area contributed by atoms with Crippen molar-refractivity contribution < 1.29 is 42.5 Å². The first-order valence-electron chi connectivity index (χ1n) is 7.59. The quantitative estimate of drug-likeness (QED) is 0.329. The van der Waals surface area contributed by atoms with E-state index in [9.17, 15) is 13.0 Å². The number of benzene rings is 2. The van der Waals surface area contributed by atoms with Crippen molar-refractivity contribution in [1.29, 1.82) is 0 Å². The SMILES string of the molecule is C=CCc1cc2ccccc2c(S(=O)(=O)[O-])c1CCCCC.[Na+]. The smallest absolute Gasteiger partial charge is 0.744 e. The summed E-state index contributed by atoms with van der Waals surface area (Å²) in [5.41, 5.74) is 1.56. The zero-order valence-corrected chi connectivity index (χ0v) is 16.7. The van der Waals surface area contributed by atoms with Crippen LogP contribution in [0.1, 0.15) is 37.3 Å². The second kappa shape index (κ2) is 9.00. The molecule has 2 rings (SSSR count). The standard InChI is InChI=1S/C18H22O3S.Na/c1-3-5-6-11-16-14(9-4-2)13-15-10-7-8-12-17(15)18(16)22(19,20)21;/h4,7-8,10,12-13H,2-3,5-6,9,11H2,1H3,(H,19,20,21);/q;+1/p-1. The van der Waals surface area contributed by atoms with E-state index < -0.39 is 10.1 Å². The fourth-order valence-electron chi connectivity index (χ4n) is 2.86. The van der Waals surface area contributed by atoms with Crippen LogP contribution < -0.4 is 29.6 Å². The minimum absolute atomic E-state index is 0. The van der Waals surface area contributed by atoms with Crippen LogP contribution in [0.2, 0.25) is 0 Å². The van der Waals surface area contributed by atoms with Gasteiger partial charge in [-0.1, -0.05) is 56.2 Å². The first-order chi connectivity index (χ1) is 10.5. The summed E-state index contributed by atoms with van der Waals surface area (Å²) in [6.45, 7) is 5.83. The summed E-state index contributed by atoms with van der Waals surface area (Å²) in [5, 5.41) is 1.31. The summed E-state index contributed by atoms with van der Waals surface area (Å²) in [6, 6.07) is 9.14. The van der Waals surface area contributed by atoms with Gasteiger partial charge in [0, 0.05) is 0 Å². The molecule has 5 heteroatoms. The van der Waals surface area contributed by atoms with Crippen LogP contribution in [0.4, 0.5) is 0 Å². The van der Waals surface area contributed by atoms with Crippen LogP contribution in [0, 0.1) is 0 Å². The monoisotopic (exact) mass is 340 g/mol. The fourth-order valence-corrected chi connectivity index (χ4v) is 3.85. The predicted molar refractivity (Wildman–Crippen MR) is 89.0 cm³/mol. The predicted octanol–water partition coefficient (Wildman–Crippen LogP) is 1.21. The van der Waals surface area contributed by atoms with Gasteiger partial charge < -0.3 is 4.55 Å². The van der Waals surface area contributed by atoms with Crippen molar-refractivity contribution in [2.45, 2.75) is 43.9 Å². The Morgan fingerprint density at radius 1 is 1.22 bits per heavy atom. The molecule has 0 radical (unpaired) electrons. The van der Waals surface area contributed by atoms with Crippen molar-refractivity contribution in [3.05, 3.63) is 54.1 Å². The molecule has 0 unspecified atom stereocenters. The number of fused-ring (bicyclic) bond motifs is 1. The number of hydrogen-bond acceptors (Lipinski definition) is 3. The first kappa shape index (κ1) is 20.4. The summed E-state index contributed by atoms with van der Waals surface area (Å²) in [4.78, 5) is -0.0430. The maximum Gasteiger partial charge on any atom is 1.00 e. The number of allylic oxidation sites excluding steroid dienone is 1. The Bertz CT molecular complexity index is 782. The van der Waals surface area contributed by atoms with Gasteiger partial charge in [-0.3, -0.25) is 0 Å². The molecule has 3 nitrogen and oxygen atoms in total. The van der Waals surface area contributed by atoms with Gasteiger partial charge in [-0.05, 0) is 41.2 Å². The molecular weight excluding hydrogens is 319 g/mol. The van der Waals surface area contributed by atoms with Crippen LogP contribution >= 0.6 is 0 Å². The fraction of sp³-hybridized carbons (Fsp3) is 0.333. The minimum Gasteiger partial charge on any atom is -0.744 e. The molecule has 118 valence electrons. The largest absolute Gasteiger partial charge is 1.00 e. The molecule has 0 aliphatic carbocycles. The van der Waals surface area contributed by atoms with Crippen LogP contribution in [0.3, 0.4) is 0 Å². The minimum atomic E-state index is -4.52. The topological polar surface area (TPSA) is 57.2 Å². The molecular formula is C18H21NaO3S. The number of rotatable bonds is 7. The normalized spacial score (nSPS) is 11.2. The third-order valence-electron chi connectivity index (χ3n) is 3.84. The van der Waals surface area contributed by atoms with E-state index in [2.05, 4.69) is 13.5 Å². The molecule has 2 aromatic carbocycles. The molecule has 0 fully saturated rings. The summed E-state index contributed by atoms with van der Waals surface area (Å²) < 4.78 is 35.6. The van der Waals surface area contributed by atoms with Crippen molar-refractivity contribution in [2.75, 3.05) is 0 Å². The second-order valence-corrected chi connectivity index (χ2v) is 6.79. The molecule has 0 aliphatic rings. The molecule has 0 heterocycles. The van der Waals surface area contributed by atoms with Gasteiger partial charge in [0.1, 0.15) is 10.1 Å². The van der Waals surface area contributed by atoms with E-state index in [1.54, 1.807) is 18.2 Å². The van der Waals surface area contributed by atoms with Gasteiger partial charge in [-0.2, -0.15) is 0 Å². The van der Waals surface area contributed by atoms with Crippen LogP contribution in [0.15, 0.2) is 47.9 Å². The molecule has 0 saturated heterocycles. The summed E-state index contributed by atoms with van der Waals surface area (Å²) in [5.74, 6) is 0. The van der Waals surface area contributed by atoms with Crippen LogP contribution in [0.25, 0.3) is 10.8 Å². The Morgan fingerprint density at radius 2 is 1.91 bits per heavy atom. The van der Waals surface area contributed by atoms with E-state index in [0.717, 1.165) is 30.2 Å². The molecule has 0 aliphatic heterocycles. The van der Waals surface area contributed by atoms with E-state index in [0.29, 0.717) is 23.8 Å². The van der Waals surface area contributed by atoms with Crippen molar-refractivity contribution in [3.63, 3.8) is 0 Å². The van der Waals surface area contributed by atoms with Gasteiger partial charge in [-0.15, -0.1) is 6.58 Å². The van der Waals surface area contributed by atoms with Gasteiger partial charge in [0.2, 0.25) is 0 Å². The van der Waals surface area contributed by atoms with Gasteiger partial charge in [0.25, 0.3) is 0 Å². The van der Waals surface area contributed by atoms with Gasteiger partial charge in [-0.25, -0.2) is 8.42 Å². The third kappa shape index (κ3) is 4.91. The van der Waals surface area contributed by atoms with Crippen LogP contribution in [0.5, 0.6) is 0 Å². The number of unbranched alkanes of at least 4 members (excludes halogenated alkanes) is 2. The molecule has 0 aromatic heterocycles. The van der Waals surface area contributed by atoms with Crippen molar-refractivity contribution in [1.82, 2.24) is 0 Å². The van der Waals surface area contributed by atoms with E-state index in [-0.39, 0.29) is 34.5 Å². The molecule has 0 atom stereocenters. The maximum atomic E-state index is 11.9. The van der Waals surface area contributed by atoms with E-state index in [4.69, 9.17) is 0 Å². The van der Waals surface area contributed by atoms with E-state index in [1.165, 1.54) is 0 Å². The Morgan fingerprint density at radius 3 is 2.52 bits per heavy atom. The van der Waals surface area contributed by atoms with Gasteiger partial charge in [0.15, 0.2) is 0 Å². The molecule has 0 spiro atoms. The molecule has 0 N–H and O–H groups in total. The number of hydrogen-bond donors (Lipinski definition) is 0. The third-order valence-corrected chi connectivity index (χ3v) is 4.81. The second-order valence-electron chi connectivity index (χ2n) is 5.47. The Kier molecular flexibility index (Phi) is 7.98. The summed E-state index contributed by atoms with van der Waals surface area (Å²) in [6.07, 6.45) is 5.85. The van der Waals surface area contributed by atoms with Gasteiger partial charge >= 0.3 is 29.6 Å². The van der Waals surface area contributed by atoms with Crippen LogP contribution in [-0.4, -0.2) is 13.0 Å². The first-order valence-corrected chi connectivity index (χ1v) is 9.00. The maximum absolute atomic E-state index is 11.9. The Balaban J connectivity index is 0.00000264. The van der Waals surface area contributed by atoms with Crippen LogP contribution in [-0.2, 0) is 23.0 Å². The molecule has 0 saturated carbocycles. The summed E-state index contributed by atoms with van der Waals surface area (Å²) in [7, 11) is -4.52. The zero-order chi connectivity index (χ0) is 16.2. The average molecular weight is 340 g/mol. The van der Waals surface area contributed by atoms with Gasteiger partial charge in [0.05, 0.1) is 4.90 Å². The van der Waals surface area contributed by atoms with E-state index in [1.807, 2.05) is 18.2 Å². The molecule has 2 aromatic rings. The molecule has 0 bridgehead atoms. The van der Waals surface area contributed by atoms with E-state index >= 15 is 0 Å². The average Bonchev–Trinajstić information content (AvgIpc) is 2.46. The van der Waals surface area contributed by atoms with Crippen molar-refractivity contribution in [3.8, 4) is 0 Å². The zero-order valence-electron chi connectivity index (χ0n) is 13.8. The van der Waals surface area contributed by atoms with Crippen molar-refractivity contribution >= 4 is 20.9 Å². The van der Waals surface area contributed by atoms with Crippen molar-refractivity contribution in [2.24, 2.45) is 0 Å². The Labute approximate surface area is 160 Å². The Hall–Kier alpha value is -0.650. The molecule has 0 amide bonds.